The second-order valence-electron chi connectivity index (χ2n) is 13.8. The van der Waals surface area contributed by atoms with Crippen LogP contribution in [0.5, 0.6) is 0 Å². The van der Waals surface area contributed by atoms with Crippen molar-refractivity contribution in [3.63, 3.8) is 0 Å². The number of hydrogen-bond acceptors (Lipinski definition) is 6. The summed E-state index contributed by atoms with van der Waals surface area (Å²) in [5.41, 5.74) is -1.38. The maximum Gasteiger partial charge on any atom is 0.303 e. The average Bonchev–Trinajstić information content (AvgIpc) is 3.58. The van der Waals surface area contributed by atoms with E-state index in [1.807, 2.05) is 0 Å². The first-order valence-corrected chi connectivity index (χ1v) is 17.2. The van der Waals surface area contributed by atoms with E-state index < -0.39 is 13.9 Å². The van der Waals surface area contributed by atoms with Gasteiger partial charge in [0.1, 0.15) is 29.5 Å². The third-order valence-corrected chi connectivity index (χ3v) is 14.9. The molecule has 0 aromatic heterocycles. The fraction of sp³-hybridized carbons (Fsp3) is 0.893. The summed E-state index contributed by atoms with van der Waals surface area (Å²) in [5.74, 6) is -0.271. The minimum absolute atomic E-state index is 0.0358. The third kappa shape index (κ3) is 6.84. The molecule has 208 valence electrons. The van der Waals surface area contributed by atoms with Gasteiger partial charge in [-0.3, -0.25) is 4.79 Å². The molecule has 3 aliphatic heterocycles. The minimum Gasteiger partial charge on any atom is -0.459 e. The number of ether oxygens (including phenoxy) is 4. The van der Waals surface area contributed by atoms with Crippen molar-refractivity contribution in [3.8, 4) is 0 Å². The molecule has 0 aromatic carbocycles. The van der Waals surface area contributed by atoms with Crippen LogP contribution in [0.3, 0.4) is 0 Å². The van der Waals surface area contributed by atoms with Crippen molar-refractivity contribution in [2.45, 2.75) is 152 Å². The van der Waals surface area contributed by atoms with Crippen LogP contribution in [0.15, 0.2) is 12.2 Å². The number of alkyl halides is 1. The minimum atomic E-state index is -1.80. The fourth-order valence-electron chi connectivity index (χ4n) is 4.87. The molecule has 0 unspecified atom stereocenters. The molecule has 0 aliphatic carbocycles. The van der Waals surface area contributed by atoms with Gasteiger partial charge in [-0.15, -0.1) is 0 Å². The lowest BCUT2D eigenvalue weighted by Crippen LogP contribution is -2.56. The first-order chi connectivity index (χ1) is 16.2. The van der Waals surface area contributed by atoms with Gasteiger partial charge in [-0.1, -0.05) is 48.9 Å². The van der Waals surface area contributed by atoms with Crippen molar-refractivity contribution in [2.24, 2.45) is 0 Å². The van der Waals surface area contributed by atoms with Crippen molar-refractivity contribution in [1.29, 1.82) is 0 Å². The summed E-state index contributed by atoms with van der Waals surface area (Å²) < 4.78 is 30.8. The zero-order valence-electron chi connectivity index (χ0n) is 24.3. The Bertz CT molecular complexity index is 853. The summed E-state index contributed by atoms with van der Waals surface area (Å²) in [6.07, 6.45) is 7.31. The molecule has 0 saturated carbocycles. The highest BCUT2D eigenvalue weighted by Crippen LogP contribution is 2.47. The van der Waals surface area contributed by atoms with Gasteiger partial charge in [-0.2, -0.15) is 0 Å². The number of rotatable bonds is 10. The number of hydrogen-bond donors (Lipinski definition) is 0. The van der Waals surface area contributed by atoms with Crippen LogP contribution < -0.4 is 0 Å². The highest BCUT2D eigenvalue weighted by Gasteiger charge is 2.56. The molecule has 36 heavy (non-hydrogen) atoms. The number of esters is 1. The van der Waals surface area contributed by atoms with E-state index in [0.717, 1.165) is 19.3 Å². The molecule has 7 atom stereocenters. The predicted molar refractivity (Wildman–Crippen MR) is 149 cm³/mol. The largest absolute Gasteiger partial charge is 0.459 e. The highest BCUT2D eigenvalue weighted by atomic mass is 79.9. The smallest absolute Gasteiger partial charge is 0.303 e. The van der Waals surface area contributed by atoms with E-state index in [0.29, 0.717) is 13.0 Å². The van der Waals surface area contributed by atoms with Crippen LogP contribution in [0.4, 0.5) is 0 Å². The van der Waals surface area contributed by atoms with Gasteiger partial charge in [0.2, 0.25) is 0 Å². The Morgan fingerprint density at radius 2 is 1.64 bits per heavy atom. The van der Waals surface area contributed by atoms with E-state index in [4.69, 9.17) is 23.4 Å². The van der Waals surface area contributed by atoms with E-state index in [9.17, 15) is 4.79 Å². The Morgan fingerprint density at radius 1 is 1.08 bits per heavy atom. The molecular weight excluding hydrogens is 540 g/mol. The molecule has 0 spiro atoms. The molecule has 6 nitrogen and oxygen atoms in total. The second-order valence-corrected chi connectivity index (χ2v) is 19.7. The average molecular weight is 590 g/mol. The van der Waals surface area contributed by atoms with Gasteiger partial charge in [-0.25, -0.2) is 0 Å². The number of carbonyl (C=O) groups excluding carboxylic acids is 1. The zero-order chi connectivity index (χ0) is 27.4. The molecule has 0 aromatic rings. The molecule has 0 N–H and O–H groups in total. The summed E-state index contributed by atoms with van der Waals surface area (Å²) in [5, 5.41) is 0.183. The normalized spacial score (nSPS) is 39.2. The quantitative estimate of drug-likeness (QED) is 0.0929. The molecule has 0 amide bonds. The Kier molecular flexibility index (Phi) is 8.46. The molecule has 0 radical (unpaired) electrons. The highest BCUT2D eigenvalue weighted by molar-refractivity contribution is 9.09. The zero-order valence-corrected chi connectivity index (χ0v) is 26.9. The summed E-state index contributed by atoms with van der Waals surface area (Å²) in [6.45, 7) is 23.9. The lowest BCUT2D eigenvalue weighted by molar-refractivity contribution is -0.217. The molecular formula is C28H49BrO6Si. The Morgan fingerprint density at radius 3 is 2.17 bits per heavy atom. The number of carbonyl (C=O) groups is 1. The Balaban J connectivity index is 1.53. The van der Waals surface area contributed by atoms with E-state index >= 15 is 0 Å². The van der Waals surface area contributed by atoms with Gasteiger partial charge in [0.05, 0.1) is 17.8 Å². The van der Waals surface area contributed by atoms with Crippen molar-refractivity contribution in [3.05, 3.63) is 12.2 Å². The maximum absolute atomic E-state index is 11.9. The van der Waals surface area contributed by atoms with Crippen LogP contribution >= 0.6 is 15.9 Å². The van der Waals surface area contributed by atoms with Crippen LogP contribution in [0, 0.1) is 0 Å². The van der Waals surface area contributed by atoms with Crippen molar-refractivity contribution < 1.29 is 28.2 Å². The van der Waals surface area contributed by atoms with Crippen molar-refractivity contribution in [1.82, 2.24) is 0 Å². The number of epoxide rings is 2. The summed E-state index contributed by atoms with van der Waals surface area (Å²) in [6, 6.07) is 0. The van der Waals surface area contributed by atoms with E-state index in [2.05, 4.69) is 96.6 Å². The fourth-order valence-corrected chi connectivity index (χ4v) is 6.27. The number of halogens is 1. The van der Waals surface area contributed by atoms with Crippen molar-refractivity contribution in [2.75, 3.05) is 6.61 Å². The van der Waals surface area contributed by atoms with Gasteiger partial charge in [0, 0.05) is 11.8 Å². The molecule has 8 heteroatoms. The summed E-state index contributed by atoms with van der Waals surface area (Å²) in [4.78, 5) is 12.2. The standard InChI is InChI=1S/C28H49BrO6Si/c1-19(30)32-21(27(8)16-14-20(29)25(5,6)35-27)15-17-26(7)22(33-26)12-13-23-28(9,34-23)18-31-36(10,11)24(2,3)4/h12-13,20-23H,14-18H2,1-11H3/b13-12+/t20-,21-,22+,23+,26+,27+,28+/m1/s1. The monoisotopic (exact) mass is 588 g/mol. The first-order valence-electron chi connectivity index (χ1n) is 13.4. The van der Waals surface area contributed by atoms with Gasteiger partial charge < -0.3 is 23.4 Å². The predicted octanol–water partition coefficient (Wildman–Crippen LogP) is 6.70. The molecule has 0 bridgehead atoms. The molecule has 3 fully saturated rings. The Labute approximate surface area is 228 Å². The van der Waals surface area contributed by atoms with Crippen LogP contribution in [0.25, 0.3) is 0 Å². The molecule has 3 aliphatic rings. The first kappa shape index (κ1) is 30.3. The molecule has 3 rings (SSSR count). The van der Waals surface area contributed by atoms with E-state index in [-0.39, 0.29) is 50.9 Å². The topological polar surface area (TPSA) is 69.8 Å². The lowest BCUT2D eigenvalue weighted by atomic mass is 9.81. The van der Waals surface area contributed by atoms with Crippen molar-refractivity contribution >= 4 is 30.2 Å². The van der Waals surface area contributed by atoms with Gasteiger partial charge in [0.15, 0.2) is 8.32 Å². The second kappa shape index (κ2) is 10.1. The van der Waals surface area contributed by atoms with Gasteiger partial charge >= 0.3 is 5.97 Å². The van der Waals surface area contributed by atoms with Crippen LogP contribution in [0.2, 0.25) is 18.1 Å². The van der Waals surface area contributed by atoms with Gasteiger partial charge in [0.25, 0.3) is 0 Å². The van der Waals surface area contributed by atoms with E-state index in [1.165, 1.54) is 6.92 Å². The SMILES string of the molecule is CC(=O)O[C@H](CC[C@]1(C)O[C@H]1/C=C/[C@@H]1O[C@@]1(C)CO[Si](C)(C)C(C)(C)C)[C@]1(C)CC[C@@H](Br)C(C)(C)O1. The summed E-state index contributed by atoms with van der Waals surface area (Å²) in [7, 11) is -1.80. The van der Waals surface area contributed by atoms with E-state index in [1.54, 1.807) is 0 Å². The van der Waals surface area contributed by atoms with Crippen LogP contribution in [0.1, 0.15) is 88.0 Å². The van der Waals surface area contributed by atoms with Crippen LogP contribution in [-0.2, 0) is 28.2 Å². The molecule has 3 heterocycles. The Hall–Kier alpha value is -0.253. The molecule has 3 saturated heterocycles. The maximum atomic E-state index is 11.9. The summed E-state index contributed by atoms with van der Waals surface area (Å²) >= 11 is 3.74. The van der Waals surface area contributed by atoms with Crippen LogP contribution in [-0.4, -0.2) is 66.4 Å². The lowest BCUT2D eigenvalue weighted by Gasteiger charge is -2.49. The third-order valence-electron chi connectivity index (χ3n) is 8.91. The van der Waals surface area contributed by atoms with Gasteiger partial charge in [-0.05, 0) is 78.4 Å².